The highest BCUT2D eigenvalue weighted by atomic mass is 16.6. The Balaban J connectivity index is 1.42. The van der Waals surface area contributed by atoms with Crippen molar-refractivity contribution in [1.82, 2.24) is 15.3 Å². The molecule has 0 saturated carbocycles. The Morgan fingerprint density at radius 1 is 1.23 bits per heavy atom. The van der Waals surface area contributed by atoms with Crippen LogP contribution in [0, 0.1) is 0 Å². The maximum Gasteiger partial charge on any atom is 0.244 e. The van der Waals surface area contributed by atoms with E-state index in [0.717, 1.165) is 16.8 Å². The van der Waals surface area contributed by atoms with E-state index < -0.39 is 0 Å². The molecule has 1 aromatic heterocycles. The maximum atomic E-state index is 12.4. The van der Waals surface area contributed by atoms with Crippen LogP contribution in [0.3, 0.4) is 0 Å². The van der Waals surface area contributed by atoms with Gasteiger partial charge in [-0.05, 0) is 36.3 Å². The summed E-state index contributed by atoms with van der Waals surface area (Å²) in [6.07, 6.45) is 4.95. The van der Waals surface area contributed by atoms with Crippen LogP contribution in [-0.4, -0.2) is 36.2 Å². The number of H-pyrrole nitrogens is 1. The van der Waals surface area contributed by atoms with Gasteiger partial charge in [0, 0.05) is 6.08 Å². The highest BCUT2D eigenvalue weighted by Crippen LogP contribution is 2.40. The second kappa shape index (κ2) is 8.73. The average Bonchev–Trinajstić information content (AvgIpc) is 3.28. The number of methoxy groups -OCH3 is 1. The summed E-state index contributed by atoms with van der Waals surface area (Å²) in [6, 6.07) is 13.3. The van der Waals surface area contributed by atoms with Gasteiger partial charge in [-0.15, -0.1) is 0 Å². The topological polar surface area (TPSA) is 85.5 Å². The second-order valence-corrected chi connectivity index (χ2v) is 6.86. The number of nitrogens with one attached hydrogen (secondary N) is 2. The summed E-state index contributed by atoms with van der Waals surface area (Å²) in [5.41, 5.74) is 2.73. The number of carbonyl (C=O) groups is 1. The Bertz CT molecular complexity index is 1040. The number of nitrogens with zero attached hydrogens (tertiary/aromatic N) is 1. The van der Waals surface area contributed by atoms with E-state index in [4.69, 9.17) is 14.2 Å². The summed E-state index contributed by atoms with van der Waals surface area (Å²) in [4.78, 5) is 20.0. The minimum atomic E-state index is -0.269. The molecule has 1 aliphatic heterocycles. The summed E-state index contributed by atoms with van der Waals surface area (Å²) < 4.78 is 16.6. The SMILES string of the molecule is COc1cc(C=CC(=O)NC(C)c2ncc(-c3ccccc3)[nH]2)cc2c1OCCO2. The highest BCUT2D eigenvalue weighted by Gasteiger charge is 2.18. The first-order valence-corrected chi connectivity index (χ1v) is 9.70. The van der Waals surface area contributed by atoms with E-state index in [9.17, 15) is 4.79 Å². The maximum absolute atomic E-state index is 12.4. The lowest BCUT2D eigenvalue weighted by atomic mass is 10.1. The lowest BCUT2D eigenvalue weighted by Crippen LogP contribution is -2.25. The number of hydrogen-bond donors (Lipinski definition) is 2. The van der Waals surface area contributed by atoms with Crippen molar-refractivity contribution in [3.05, 3.63) is 66.1 Å². The van der Waals surface area contributed by atoms with Gasteiger partial charge < -0.3 is 24.5 Å². The molecule has 2 heterocycles. The van der Waals surface area contributed by atoms with Crippen LogP contribution < -0.4 is 19.5 Å². The van der Waals surface area contributed by atoms with Crippen molar-refractivity contribution in [3.8, 4) is 28.5 Å². The van der Waals surface area contributed by atoms with Crippen LogP contribution in [0.5, 0.6) is 17.2 Å². The molecule has 0 saturated heterocycles. The molecule has 0 aliphatic carbocycles. The Morgan fingerprint density at radius 3 is 2.83 bits per heavy atom. The van der Waals surface area contributed by atoms with Crippen LogP contribution in [-0.2, 0) is 4.79 Å². The Hall–Kier alpha value is -3.74. The molecule has 154 valence electrons. The first-order valence-electron chi connectivity index (χ1n) is 9.70. The number of ether oxygens (including phenoxy) is 3. The van der Waals surface area contributed by atoms with Gasteiger partial charge in [0.05, 0.1) is 25.0 Å². The zero-order chi connectivity index (χ0) is 20.9. The number of fused-ring (bicyclic) bond motifs is 1. The Kier molecular flexibility index (Phi) is 5.70. The van der Waals surface area contributed by atoms with Crippen molar-refractivity contribution >= 4 is 12.0 Å². The van der Waals surface area contributed by atoms with Gasteiger partial charge in [-0.1, -0.05) is 30.3 Å². The van der Waals surface area contributed by atoms with Crippen molar-refractivity contribution in [2.24, 2.45) is 0 Å². The van der Waals surface area contributed by atoms with Crippen LogP contribution in [0.15, 0.2) is 54.7 Å². The fraction of sp³-hybridized carbons (Fsp3) is 0.217. The molecule has 1 aliphatic rings. The zero-order valence-corrected chi connectivity index (χ0v) is 16.8. The summed E-state index contributed by atoms with van der Waals surface area (Å²) in [5.74, 6) is 2.24. The smallest absolute Gasteiger partial charge is 0.244 e. The third-order valence-corrected chi connectivity index (χ3v) is 4.73. The van der Waals surface area contributed by atoms with E-state index >= 15 is 0 Å². The van der Waals surface area contributed by atoms with Crippen molar-refractivity contribution in [2.45, 2.75) is 13.0 Å². The fourth-order valence-corrected chi connectivity index (χ4v) is 3.21. The van der Waals surface area contributed by atoms with E-state index in [0.29, 0.717) is 36.3 Å². The van der Waals surface area contributed by atoms with Crippen molar-refractivity contribution < 1.29 is 19.0 Å². The van der Waals surface area contributed by atoms with Gasteiger partial charge in [-0.3, -0.25) is 4.79 Å². The summed E-state index contributed by atoms with van der Waals surface area (Å²) in [7, 11) is 1.57. The second-order valence-electron chi connectivity index (χ2n) is 6.86. The van der Waals surface area contributed by atoms with Gasteiger partial charge in [0.1, 0.15) is 19.0 Å². The largest absolute Gasteiger partial charge is 0.493 e. The number of hydrogen-bond acceptors (Lipinski definition) is 5. The van der Waals surface area contributed by atoms with Gasteiger partial charge >= 0.3 is 0 Å². The number of rotatable bonds is 6. The third kappa shape index (κ3) is 4.30. The molecular weight excluding hydrogens is 382 g/mol. The molecule has 0 spiro atoms. The first kappa shape index (κ1) is 19.6. The molecule has 7 nitrogen and oxygen atoms in total. The molecule has 4 rings (SSSR count). The zero-order valence-electron chi connectivity index (χ0n) is 16.8. The molecule has 0 radical (unpaired) electrons. The van der Waals surface area contributed by atoms with Gasteiger partial charge in [0.25, 0.3) is 0 Å². The van der Waals surface area contributed by atoms with Gasteiger partial charge in [-0.25, -0.2) is 4.98 Å². The number of aromatic amines is 1. The molecule has 3 aromatic rings. The Morgan fingerprint density at radius 2 is 2.03 bits per heavy atom. The third-order valence-electron chi connectivity index (χ3n) is 4.73. The van der Waals surface area contributed by atoms with E-state index in [-0.39, 0.29) is 11.9 Å². The molecule has 0 bridgehead atoms. The summed E-state index contributed by atoms with van der Waals surface area (Å²) in [5, 5.41) is 2.92. The summed E-state index contributed by atoms with van der Waals surface area (Å²) >= 11 is 0. The molecular formula is C23H23N3O4. The minimum absolute atomic E-state index is 0.228. The quantitative estimate of drug-likeness (QED) is 0.610. The Labute approximate surface area is 174 Å². The predicted octanol–water partition coefficient (Wildman–Crippen LogP) is 3.75. The number of aromatic nitrogens is 2. The summed E-state index contributed by atoms with van der Waals surface area (Å²) in [6.45, 7) is 2.85. The van der Waals surface area contributed by atoms with Crippen molar-refractivity contribution in [1.29, 1.82) is 0 Å². The standard InChI is InChI=1S/C23H23N3O4/c1-15(23-24-14-18(26-23)17-6-4-3-5-7-17)25-21(27)9-8-16-12-19(28-2)22-20(13-16)29-10-11-30-22/h3-9,12-15H,10-11H2,1-2H3,(H,24,26)(H,25,27). The van der Waals surface area contributed by atoms with Crippen LogP contribution >= 0.6 is 0 Å². The fourth-order valence-electron chi connectivity index (χ4n) is 3.21. The minimum Gasteiger partial charge on any atom is -0.493 e. The highest BCUT2D eigenvalue weighted by molar-refractivity contribution is 5.92. The van der Waals surface area contributed by atoms with E-state index in [2.05, 4.69) is 15.3 Å². The lowest BCUT2D eigenvalue weighted by molar-refractivity contribution is -0.117. The number of amides is 1. The number of benzene rings is 2. The number of carbonyl (C=O) groups excluding carboxylic acids is 1. The van der Waals surface area contributed by atoms with Gasteiger partial charge in [0.2, 0.25) is 11.7 Å². The molecule has 0 fully saturated rings. The average molecular weight is 405 g/mol. The predicted molar refractivity (Wildman–Crippen MR) is 114 cm³/mol. The molecule has 1 unspecified atom stereocenters. The van der Waals surface area contributed by atoms with Gasteiger partial charge in [-0.2, -0.15) is 0 Å². The monoisotopic (exact) mass is 405 g/mol. The van der Waals surface area contributed by atoms with Crippen LogP contribution in [0.25, 0.3) is 17.3 Å². The normalized spacial score (nSPS) is 13.8. The number of imidazole rings is 1. The van der Waals surface area contributed by atoms with Crippen LogP contribution in [0.4, 0.5) is 0 Å². The lowest BCUT2D eigenvalue weighted by Gasteiger charge is -2.20. The van der Waals surface area contributed by atoms with E-state index in [1.807, 2.05) is 43.3 Å². The molecule has 1 atom stereocenters. The van der Waals surface area contributed by atoms with Crippen LogP contribution in [0.2, 0.25) is 0 Å². The van der Waals surface area contributed by atoms with Crippen LogP contribution in [0.1, 0.15) is 24.4 Å². The van der Waals surface area contributed by atoms with Crippen molar-refractivity contribution in [3.63, 3.8) is 0 Å². The van der Waals surface area contributed by atoms with Gasteiger partial charge in [0.15, 0.2) is 11.5 Å². The molecule has 7 heteroatoms. The van der Waals surface area contributed by atoms with E-state index in [1.54, 1.807) is 25.4 Å². The van der Waals surface area contributed by atoms with E-state index in [1.165, 1.54) is 6.08 Å². The molecule has 1 amide bonds. The first-order chi connectivity index (χ1) is 14.6. The van der Waals surface area contributed by atoms with Crippen molar-refractivity contribution in [2.75, 3.05) is 20.3 Å². The molecule has 2 aromatic carbocycles. The molecule has 30 heavy (non-hydrogen) atoms. The molecule has 2 N–H and O–H groups in total.